The van der Waals surface area contributed by atoms with Crippen LogP contribution in [0, 0.1) is 5.92 Å². The molecule has 6 atom stereocenters. The molecule has 16 nitrogen and oxygen atoms in total. The molecule has 0 unspecified atom stereocenters. The second-order valence-corrected chi connectivity index (χ2v) is 13.5. The molecule has 3 heterocycles. The van der Waals surface area contributed by atoms with Crippen molar-refractivity contribution in [2.75, 3.05) is 5.75 Å². The minimum Gasteiger partial charge on any atom is -0.505 e. The van der Waals surface area contributed by atoms with E-state index in [1.807, 2.05) is 13.8 Å². The molecule has 1 aliphatic rings. The smallest absolute Gasteiger partial charge is 0.327 e. The number of aliphatic carboxylic acids is 1. The number of nitrogens with one attached hydrogen (secondary N) is 6. The number of thioether (sulfide) groups is 1. The number of aromatic nitrogens is 2. The zero-order valence-corrected chi connectivity index (χ0v) is 28.7. The third-order valence-electron chi connectivity index (χ3n) is 7.97. The molecular weight excluding hydrogens is 670 g/mol. The number of para-hydroxylation sites is 1. The lowest BCUT2D eigenvalue weighted by Gasteiger charge is -2.27. The van der Waals surface area contributed by atoms with E-state index in [1.165, 1.54) is 32.2 Å². The minimum absolute atomic E-state index is 0.103. The Labute approximate surface area is 291 Å². The highest BCUT2D eigenvalue weighted by Gasteiger charge is 2.34. The maximum absolute atomic E-state index is 14.1. The van der Waals surface area contributed by atoms with Crippen molar-refractivity contribution in [3.05, 3.63) is 53.9 Å². The van der Waals surface area contributed by atoms with Crippen molar-refractivity contribution >= 4 is 58.2 Å². The van der Waals surface area contributed by atoms with Gasteiger partial charge in [-0.1, -0.05) is 32.0 Å². The van der Waals surface area contributed by atoms with Gasteiger partial charge in [0.1, 0.15) is 36.0 Å². The predicted octanol–water partition coefficient (Wildman–Crippen LogP) is 0.186. The van der Waals surface area contributed by atoms with Gasteiger partial charge in [0, 0.05) is 29.3 Å². The number of hydrogen-bond acceptors (Lipinski definition) is 10. The van der Waals surface area contributed by atoms with Gasteiger partial charge >= 0.3 is 5.97 Å². The fourth-order valence-electron chi connectivity index (χ4n) is 5.35. The Morgan fingerprint density at radius 1 is 0.960 bits per heavy atom. The van der Waals surface area contributed by atoms with E-state index in [4.69, 9.17) is 0 Å². The molecule has 0 radical (unpaired) electrons. The van der Waals surface area contributed by atoms with E-state index in [0.717, 1.165) is 11.8 Å². The highest BCUT2D eigenvalue weighted by molar-refractivity contribution is 7.99. The number of aliphatic hydroxyl groups excluding tert-OH is 1. The van der Waals surface area contributed by atoms with Crippen molar-refractivity contribution in [2.24, 2.45) is 5.92 Å². The van der Waals surface area contributed by atoms with Gasteiger partial charge in [0.2, 0.25) is 23.6 Å². The summed E-state index contributed by atoms with van der Waals surface area (Å²) >= 11 is 1.03. The lowest BCUT2D eigenvalue weighted by atomic mass is 10.0. The van der Waals surface area contributed by atoms with Crippen molar-refractivity contribution < 1.29 is 44.1 Å². The molecule has 9 N–H and O–H groups in total. The molecule has 0 aliphatic carbocycles. The van der Waals surface area contributed by atoms with E-state index >= 15 is 0 Å². The standard InChI is InChI=1S/C33H41N7O9S/c1-15(2)12-21-28(44)35-16(3)27(43)40-25(17(4)41)30(46)38-23(33(48)49)14-50-32-19(18-8-5-6-9-20(18)39-32)13-22(29(45)36-21)37-31(47)26-24(42)10-7-11-34-26/h5-11,15-17,21-23,25,39,41-42H,12-14H2,1-4H3,(H,35,44)(H,36,45)(H,37,47)(H,38,46)(H,40,43)(H,48,49)/t16-,17-,21+,22+,23+,25+/m1/s1. The number of carboxylic acid groups (broad SMARTS) is 1. The van der Waals surface area contributed by atoms with Crippen LogP contribution < -0.4 is 26.6 Å². The second kappa shape index (κ2) is 16.5. The maximum Gasteiger partial charge on any atom is 0.327 e. The summed E-state index contributed by atoms with van der Waals surface area (Å²) in [6, 6.07) is 3.00. The van der Waals surface area contributed by atoms with Gasteiger partial charge in [-0.3, -0.25) is 24.0 Å². The maximum atomic E-state index is 14.1. The fraction of sp³-hybridized carbons (Fsp3) is 0.424. The number of aromatic hydroxyl groups is 1. The number of carboxylic acids is 1. The zero-order valence-electron chi connectivity index (χ0n) is 27.9. The SMILES string of the molecule is CC(C)C[C@@H]1NC(=O)[C@@H](NC(=O)c2ncccc2O)Cc2c([nH]c3ccccc23)SC[C@@H](C(=O)O)NC(=O)[C@H]([C@@H](C)O)NC(=O)[C@@H](C)NC1=O. The molecular formula is C33H41N7O9S. The molecule has 17 heteroatoms. The van der Waals surface area contributed by atoms with Gasteiger partial charge in [-0.15, -0.1) is 11.8 Å². The number of hydrogen-bond donors (Lipinski definition) is 9. The summed E-state index contributed by atoms with van der Waals surface area (Å²) in [5, 5.41) is 44.3. The van der Waals surface area contributed by atoms with Crippen LogP contribution in [-0.4, -0.2) is 103 Å². The first-order valence-corrected chi connectivity index (χ1v) is 16.9. The second-order valence-electron chi connectivity index (χ2n) is 12.4. The Balaban J connectivity index is 1.81. The molecule has 2 aromatic heterocycles. The number of rotatable bonds is 6. The lowest BCUT2D eigenvalue weighted by molar-refractivity contribution is -0.142. The number of carbonyl (C=O) groups is 6. The quantitative estimate of drug-likeness (QED) is 0.167. The molecule has 1 aliphatic heterocycles. The summed E-state index contributed by atoms with van der Waals surface area (Å²) in [5.74, 6) is -6.26. The number of H-pyrrole nitrogens is 1. The number of amides is 5. The van der Waals surface area contributed by atoms with E-state index in [2.05, 4.69) is 36.6 Å². The van der Waals surface area contributed by atoms with Crippen LogP contribution in [0.4, 0.5) is 0 Å². The summed E-state index contributed by atoms with van der Waals surface area (Å²) in [6.07, 6.45) is -0.130. The van der Waals surface area contributed by atoms with Crippen LogP contribution in [0.15, 0.2) is 47.6 Å². The van der Waals surface area contributed by atoms with Crippen LogP contribution in [0.2, 0.25) is 0 Å². The van der Waals surface area contributed by atoms with Crippen molar-refractivity contribution in [3.8, 4) is 5.75 Å². The molecule has 0 saturated carbocycles. The first-order valence-electron chi connectivity index (χ1n) is 16.0. The van der Waals surface area contributed by atoms with Gasteiger partial charge < -0.3 is 46.9 Å². The van der Waals surface area contributed by atoms with Crippen LogP contribution in [0.3, 0.4) is 0 Å². The molecule has 1 aromatic carbocycles. The Morgan fingerprint density at radius 3 is 2.34 bits per heavy atom. The molecule has 0 saturated heterocycles. The molecule has 4 rings (SSSR count). The summed E-state index contributed by atoms with van der Waals surface area (Å²) in [7, 11) is 0. The van der Waals surface area contributed by atoms with Gasteiger partial charge in [0.25, 0.3) is 5.91 Å². The van der Waals surface area contributed by atoms with E-state index in [-0.39, 0.29) is 30.2 Å². The number of aromatic amines is 1. The summed E-state index contributed by atoms with van der Waals surface area (Å²) in [4.78, 5) is 86.7. The van der Waals surface area contributed by atoms with E-state index in [1.54, 1.807) is 24.3 Å². The van der Waals surface area contributed by atoms with E-state index in [0.29, 0.717) is 21.5 Å². The molecule has 50 heavy (non-hydrogen) atoms. The van der Waals surface area contributed by atoms with Gasteiger partial charge in [0.05, 0.1) is 11.1 Å². The molecule has 5 amide bonds. The summed E-state index contributed by atoms with van der Waals surface area (Å²) in [5.41, 5.74) is 0.836. The predicted molar refractivity (Wildman–Crippen MR) is 182 cm³/mol. The van der Waals surface area contributed by atoms with Gasteiger partial charge in [-0.05, 0) is 49.9 Å². The van der Waals surface area contributed by atoms with Crippen LogP contribution in [0.5, 0.6) is 5.75 Å². The molecule has 0 bridgehead atoms. The number of nitrogens with zero attached hydrogens (tertiary/aromatic N) is 1. The number of pyridine rings is 1. The van der Waals surface area contributed by atoms with Crippen molar-refractivity contribution in [3.63, 3.8) is 0 Å². The number of carbonyl (C=O) groups excluding carboxylic acids is 5. The molecule has 0 spiro atoms. The largest absolute Gasteiger partial charge is 0.505 e. The van der Waals surface area contributed by atoms with Gasteiger partial charge in [-0.25, -0.2) is 9.78 Å². The van der Waals surface area contributed by atoms with Crippen molar-refractivity contribution in [1.29, 1.82) is 0 Å². The fourth-order valence-corrected chi connectivity index (χ4v) is 6.46. The van der Waals surface area contributed by atoms with Crippen LogP contribution in [-0.2, 0) is 30.4 Å². The Bertz CT molecular complexity index is 1760. The normalized spacial score (nSPS) is 23.4. The third-order valence-corrected chi connectivity index (χ3v) is 9.11. The van der Waals surface area contributed by atoms with Crippen molar-refractivity contribution in [2.45, 2.75) is 81.9 Å². The summed E-state index contributed by atoms with van der Waals surface area (Å²) < 4.78 is 0. The average molecular weight is 712 g/mol. The minimum atomic E-state index is -1.55. The molecule has 3 aromatic rings. The Kier molecular flexibility index (Phi) is 12.4. The van der Waals surface area contributed by atoms with Gasteiger partial charge in [-0.2, -0.15) is 0 Å². The molecule has 268 valence electrons. The lowest BCUT2D eigenvalue weighted by Crippen LogP contribution is -2.60. The number of fused-ring (bicyclic) bond motifs is 3. The topological polar surface area (TPSA) is 252 Å². The van der Waals surface area contributed by atoms with Gasteiger partial charge in [0.15, 0.2) is 5.69 Å². The average Bonchev–Trinajstić information content (AvgIpc) is 3.40. The first-order chi connectivity index (χ1) is 23.7. The monoisotopic (exact) mass is 711 g/mol. The zero-order chi connectivity index (χ0) is 36.7. The Morgan fingerprint density at radius 2 is 1.68 bits per heavy atom. The van der Waals surface area contributed by atoms with Crippen LogP contribution >= 0.6 is 11.8 Å². The number of benzene rings is 1. The third kappa shape index (κ3) is 9.29. The van der Waals surface area contributed by atoms with Crippen molar-refractivity contribution in [1.82, 2.24) is 36.6 Å². The van der Waals surface area contributed by atoms with Crippen LogP contribution in [0.1, 0.15) is 50.2 Å². The van der Waals surface area contributed by atoms with E-state index in [9.17, 15) is 44.1 Å². The molecule has 0 fully saturated rings. The Hall–Kier alpha value is -5.16. The highest BCUT2D eigenvalue weighted by atomic mass is 32.2. The highest BCUT2D eigenvalue weighted by Crippen LogP contribution is 2.31. The van der Waals surface area contributed by atoms with E-state index < -0.39 is 77.6 Å². The first kappa shape index (κ1) is 37.7. The van der Waals surface area contributed by atoms with Crippen LogP contribution in [0.25, 0.3) is 10.9 Å². The summed E-state index contributed by atoms with van der Waals surface area (Å²) in [6.45, 7) is 6.25. The number of aliphatic hydroxyl groups is 1.